The number of piperazine rings is 1. The van der Waals surface area contributed by atoms with Crippen molar-refractivity contribution in [1.82, 2.24) is 15.1 Å². The number of fused-ring (bicyclic) bond motifs is 2. The maximum Gasteiger partial charge on any atom is 0.255 e. The summed E-state index contributed by atoms with van der Waals surface area (Å²) in [6.07, 6.45) is 3.03. The Morgan fingerprint density at radius 3 is 2.33 bits per heavy atom. The van der Waals surface area contributed by atoms with Crippen molar-refractivity contribution in [2.75, 3.05) is 62.2 Å². The summed E-state index contributed by atoms with van der Waals surface area (Å²) in [5, 5.41) is 12.3. The number of ether oxygens (including phenoxy) is 1. The molecule has 5 aliphatic rings. The van der Waals surface area contributed by atoms with E-state index in [-0.39, 0.29) is 35.8 Å². The molecule has 5 aliphatic heterocycles. The van der Waals surface area contributed by atoms with E-state index in [0.717, 1.165) is 68.4 Å². The van der Waals surface area contributed by atoms with Gasteiger partial charge in [-0.2, -0.15) is 0 Å². The quantitative estimate of drug-likeness (QED) is 0.376. The van der Waals surface area contributed by atoms with E-state index in [4.69, 9.17) is 4.74 Å². The molecule has 0 unspecified atom stereocenters. The second-order valence-corrected chi connectivity index (χ2v) is 14.5. The first-order chi connectivity index (χ1) is 23.8. The summed E-state index contributed by atoms with van der Waals surface area (Å²) in [6.45, 7) is 10.5. The van der Waals surface area contributed by atoms with Crippen molar-refractivity contribution in [2.45, 2.75) is 51.1 Å². The summed E-state index contributed by atoms with van der Waals surface area (Å²) in [5.41, 5.74) is 6.48. The lowest BCUT2D eigenvalue weighted by Gasteiger charge is -2.40. The van der Waals surface area contributed by atoms with Gasteiger partial charge in [0.1, 0.15) is 17.5 Å². The van der Waals surface area contributed by atoms with E-state index < -0.39 is 6.04 Å². The monoisotopic (exact) mass is 663 g/mol. The molecule has 3 fully saturated rings. The number of carbonyl (C=O) groups excluding carboxylic acids is 3. The average molecular weight is 664 g/mol. The number of imide groups is 1. The number of amides is 3. The van der Waals surface area contributed by atoms with Crippen molar-refractivity contribution < 1.29 is 24.2 Å². The highest BCUT2D eigenvalue weighted by Gasteiger charge is 2.39. The maximum atomic E-state index is 13.1. The molecular formula is C39H45N5O5. The van der Waals surface area contributed by atoms with Crippen LogP contribution in [0.2, 0.25) is 0 Å². The normalized spacial score (nSPS) is 24.8. The second kappa shape index (κ2) is 13.0. The summed E-state index contributed by atoms with van der Waals surface area (Å²) in [6, 6.07) is 20.1. The van der Waals surface area contributed by atoms with Gasteiger partial charge in [0.15, 0.2) is 0 Å². The Balaban J connectivity index is 0.816. The van der Waals surface area contributed by atoms with Crippen LogP contribution in [0.5, 0.6) is 11.5 Å². The number of hydrogen-bond acceptors (Lipinski definition) is 8. The zero-order valence-corrected chi connectivity index (χ0v) is 28.1. The Kier molecular flexibility index (Phi) is 8.43. The number of rotatable bonds is 6. The molecular weight excluding hydrogens is 618 g/mol. The fourth-order valence-electron chi connectivity index (χ4n) is 8.61. The highest BCUT2D eigenvalue weighted by Crippen LogP contribution is 2.43. The third-order valence-electron chi connectivity index (χ3n) is 11.4. The highest BCUT2D eigenvalue weighted by molar-refractivity contribution is 6.05. The number of hydrogen-bond donors (Lipinski definition) is 2. The molecule has 3 amide bonds. The standard InChI is InChI=1S/C39H45N5O5/c1-25-24-49-35-21-31(45)7-9-33(35)37(25)27-2-4-29(5-3-27)42-14-12-26(13-15-42)22-41-16-18-43(19-17-41)30-6-8-32-28(20-30)23-44(39(32)48)34-10-11-36(46)40-38(34)47/h2-9,20-21,25-26,34,37,45H,10-19,22-24H2,1H3,(H,40,46,47)/t25-,34+,37+/m1/s1. The topological polar surface area (TPSA) is 106 Å². The van der Waals surface area contributed by atoms with Crippen molar-refractivity contribution >= 4 is 29.1 Å². The average Bonchev–Trinajstić information content (AvgIpc) is 3.44. The van der Waals surface area contributed by atoms with Gasteiger partial charge in [-0.1, -0.05) is 25.1 Å². The van der Waals surface area contributed by atoms with Gasteiger partial charge in [-0.05, 0) is 72.7 Å². The van der Waals surface area contributed by atoms with Crippen LogP contribution in [-0.4, -0.2) is 91.1 Å². The van der Waals surface area contributed by atoms with Gasteiger partial charge in [0.05, 0.1) is 6.61 Å². The van der Waals surface area contributed by atoms with Crippen molar-refractivity contribution in [1.29, 1.82) is 0 Å². The van der Waals surface area contributed by atoms with E-state index in [9.17, 15) is 19.5 Å². The summed E-state index contributed by atoms with van der Waals surface area (Å²) >= 11 is 0. The van der Waals surface area contributed by atoms with Crippen LogP contribution in [0.15, 0.2) is 60.7 Å². The number of carbonyl (C=O) groups is 3. The molecule has 3 atom stereocenters. The molecule has 2 N–H and O–H groups in total. The lowest BCUT2D eigenvalue weighted by molar-refractivity contribution is -0.136. The predicted octanol–water partition coefficient (Wildman–Crippen LogP) is 4.35. The fraction of sp³-hybridized carbons (Fsp3) is 0.462. The largest absolute Gasteiger partial charge is 0.508 e. The van der Waals surface area contributed by atoms with Gasteiger partial charge in [-0.3, -0.25) is 24.6 Å². The number of aromatic hydroxyl groups is 1. The second-order valence-electron chi connectivity index (χ2n) is 14.5. The van der Waals surface area contributed by atoms with Gasteiger partial charge in [0.2, 0.25) is 11.8 Å². The number of phenolic OH excluding ortho intramolecular Hbond substituents is 1. The molecule has 0 radical (unpaired) electrons. The lowest BCUT2D eigenvalue weighted by Crippen LogP contribution is -2.52. The smallest absolute Gasteiger partial charge is 0.255 e. The van der Waals surface area contributed by atoms with Gasteiger partial charge in [0.25, 0.3) is 5.91 Å². The molecule has 0 spiro atoms. The number of nitrogens with zero attached hydrogens (tertiary/aromatic N) is 4. The molecule has 8 rings (SSSR count). The molecule has 0 saturated carbocycles. The molecule has 3 aromatic carbocycles. The first kappa shape index (κ1) is 31.7. The molecule has 3 aromatic rings. The lowest BCUT2D eigenvalue weighted by atomic mass is 9.80. The number of benzene rings is 3. The Bertz CT molecular complexity index is 1740. The molecule has 3 saturated heterocycles. The van der Waals surface area contributed by atoms with Crippen LogP contribution in [0.25, 0.3) is 0 Å². The van der Waals surface area contributed by atoms with Crippen LogP contribution >= 0.6 is 0 Å². The van der Waals surface area contributed by atoms with E-state index in [1.165, 1.54) is 24.1 Å². The van der Waals surface area contributed by atoms with Crippen LogP contribution < -0.4 is 19.9 Å². The third-order valence-corrected chi connectivity index (χ3v) is 11.4. The van der Waals surface area contributed by atoms with Crippen molar-refractivity contribution in [2.24, 2.45) is 11.8 Å². The summed E-state index contributed by atoms with van der Waals surface area (Å²) < 4.78 is 5.92. The Hall–Kier alpha value is -4.57. The SMILES string of the molecule is C[C@@H]1COc2cc(O)ccc2[C@@H]1c1ccc(N2CCC(CN3CCN(c4ccc5c(c4)CN([C@H]4CCC(=O)NC4=O)C5=O)CC3)CC2)cc1. The molecule has 0 aliphatic carbocycles. The number of nitrogens with one attached hydrogen (secondary N) is 1. The first-order valence-corrected chi connectivity index (χ1v) is 17.9. The van der Waals surface area contributed by atoms with Crippen LogP contribution in [0.1, 0.15) is 65.6 Å². The van der Waals surface area contributed by atoms with Gasteiger partial charge in [-0.15, -0.1) is 0 Å². The first-order valence-electron chi connectivity index (χ1n) is 17.9. The van der Waals surface area contributed by atoms with Crippen LogP contribution in [0, 0.1) is 11.8 Å². The fourth-order valence-corrected chi connectivity index (χ4v) is 8.61. The van der Waals surface area contributed by atoms with E-state index in [2.05, 4.69) is 57.3 Å². The number of piperidine rings is 2. The van der Waals surface area contributed by atoms with E-state index >= 15 is 0 Å². The maximum absolute atomic E-state index is 13.1. The molecule has 0 aromatic heterocycles. The van der Waals surface area contributed by atoms with Crippen molar-refractivity contribution in [3.63, 3.8) is 0 Å². The Morgan fingerprint density at radius 2 is 1.57 bits per heavy atom. The predicted molar refractivity (Wildman–Crippen MR) is 187 cm³/mol. The minimum Gasteiger partial charge on any atom is -0.508 e. The summed E-state index contributed by atoms with van der Waals surface area (Å²) in [7, 11) is 0. The molecule has 0 bridgehead atoms. The van der Waals surface area contributed by atoms with Crippen molar-refractivity contribution in [3.8, 4) is 11.5 Å². The van der Waals surface area contributed by atoms with Gasteiger partial charge in [0, 0.05) is 99.2 Å². The zero-order chi connectivity index (χ0) is 33.6. The molecule has 49 heavy (non-hydrogen) atoms. The minimum atomic E-state index is -0.584. The third kappa shape index (κ3) is 6.23. The van der Waals surface area contributed by atoms with Crippen LogP contribution in [-0.2, 0) is 16.1 Å². The molecule has 10 heteroatoms. The van der Waals surface area contributed by atoms with Gasteiger partial charge >= 0.3 is 0 Å². The van der Waals surface area contributed by atoms with Gasteiger partial charge < -0.3 is 24.5 Å². The minimum absolute atomic E-state index is 0.123. The molecule has 5 heterocycles. The van der Waals surface area contributed by atoms with E-state index in [1.807, 2.05) is 18.2 Å². The number of phenols is 1. The molecule has 10 nitrogen and oxygen atoms in total. The van der Waals surface area contributed by atoms with Crippen molar-refractivity contribution in [3.05, 3.63) is 82.9 Å². The van der Waals surface area contributed by atoms with E-state index in [0.29, 0.717) is 37.0 Å². The summed E-state index contributed by atoms with van der Waals surface area (Å²) in [4.78, 5) is 46.3. The number of anilines is 2. The van der Waals surface area contributed by atoms with E-state index in [1.54, 1.807) is 17.0 Å². The Labute approximate surface area is 287 Å². The highest BCUT2D eigenvalue weighted by atomic mass is 16.5. The Morgan fingerprint density at radius 1 is 0.837 bits per heavy atom. The van der Waals surface area contributed by atoms with Crippen LogP contribution in [0.4, 0.5) is 11.4 Å². The van der Waals surface area contributed by atoms with Crippen LogP contribution in [0.3, 0.4) is 0 Å². The zero-order valence-electron chi connectivity index (χ0n) is 28.1. The summed E-state index contributed by atoms with van der Waals surface area (Å²) in [5.74, 6) is 1.58. The van der Waals surface area contributed by atoms with Gasteiger partial charge in [-0.25, -0.2) is 0 Å². The molecule has 256 valence electrons.